The van der Waals surface area contributed by atoms with Gasteiger partial charge in [-0.15, -0.1) is 0 Å². The van der Waals surface area contributed by atoms with Crippen LogP contribution in [0.3, 0.4) is 0 Å². The van der Waals surface area contributed by atoms with Gasteiger partial charge in [-0.25, -0.2) is 4.39 Å². The van der Waals surface area contributed by atoms with Crippen LogP contribution < -0.4 is 4.74 Å². The van der Waals surface area contributed by atoms with Gasteiger partial charge in [0.15, 0.2) is 11.6 Å². The maximum atomic E-state index is 13.8. The van der Waals surface area contributed by atoms with E-state index in [0.29, 0.717) is 11.8 Å². The monoisotopic (exact) mass is 320 g/mol. The molecule has 1 aromatic carbocycles. The molecule has 0 saturated carbocycles. The number of piperazine rings is 1. The molecule has 126 valence electrons. The number of ether oxygens (including phenoxy) is 1. The minimum absolute atomic E-state index is 0.0565. The number of hydrogen-bond acceptors (Lipinski definition) is 3. The van der Waals surface area contributed by atoms with Crippen LogP contribution in [0.2, 0.25) is 0 Å². The molecule has 1 aliphatic carbocycles. The van der Waals surface area contributed by atoms with Gasteiger partial charge >= 0.3 is 0 Å². The van der Waals surface area contributed by atoms with Crippen molar-refractivity contribution in [2.45, 2.75) is 32.7 Å². The number of halogens is 1. The smallest absolute Gasteiger partial charge is 0.225 e. The van der Waals surface area contributed by atoms with E-state index in [0.717, 1.165) is 44.6 Å². The molecular weight excluding hydrogens is 295 g/mol. The second-order valence-electron chi connectivity index (χ2n) is 6.76. The van der Waals surface area contributed by atoms with E-state index < -0.39 is 0 Å². The number of rotatable bonds is 3. The van der Waals surface area contributed by atoms with Crippen molar-refractivity contribution in [3.05, 3.63) is 29.1 Å². The van der Waals surface area contributed by atoms with Crippen LogP contribution in [0, 0.1) is 11.7 Å². The Bertz CT molecular complexity index is 595. The summed E-state index contributed by atoms with van der Waals surface area (Å²) in [5.41, 5.74) is 2.28. The summed E-state index contributed by atoms with van der Waals surface area (Å²) < 4.78 is 19.0. The predicted octanol–water partition coefficient (Wildman–Crippen LogP) is 2.62. The van der Waals surface area contributed by atoms with Crippen LogP contribution in [0.25, 0.3) is 0 Å². The number of carbonyl (C=O) groups excluding carboxylic acids is 1. The highest BCUT2D eigenvalue weighted by molar-refractivity contribution is 5.78. The molecule has 23 heavy (non-hydrogen) atoms. The van der Waals surface area contributed by atoms with Crippen LogP contribution >= 0.6 is 0 Å². The zero-order valence-corrected chi connectivity index (χ0v) is 14.1. The Kier molecular flexibility index (Phi) is 4.57. The standard InChI is InChI=1S/C18H25FN2O2/c1-12(2)18(22)21-8-6-20(7-9-21)16-5-4-13-10-15(19)17(23-3)11-14(13)16/h10-12,16H,4-9H2,1-3H3. The van der Waals surface area contributed by atoms with Crippen LogP contribution in [-0.4, -0.2) is 49.0 Å². The van der Waals surface area contributed by atoms with Gasteiger partial charge < -0.3 is 9.64 Å². The van der Waals surface area contributed by atoms with Crippen LogP contribution in [-0.2, 0) is 11.2 Å². The van der Waals surface area contributed by atoms with Crippen LogP contribution in [0.1, 0.15) is 37.4 Å². The molecule has 0 N–H and O–H groups in total. The van der Waals surface area contributed by atoms with E-state index in [1.807, 2.05) is 24.8 Å². The second kappa shape index (κ2) is 6.48. The number of hydrogen-bond donors (Lipinski definition) is 0. The SMILES string of the molecule is COc1cc2c(cc1F)CCC2N1CCN(C(=O)C(C)C)CC1. The molecule has 4 nitrogen and oxygen atoms in total. The van der Waals surface area contributed by atoms with Crippen LogP contribution in [0.5, 0.6) is 5.75 Å². The fourth-order valence-electron chi connectivity index (χ4n) is 3.74. The van der Waals surface area contributed by atoms with Gasteiger partial charge in [0.05, 0.1) is 7.11 Å². The molecule has 0 aromatic heterocycles. The van der Waals surface area contributed by atoms with Crippen molar-refractivity contribution >= 4 is 5.91 Å². The predicted molar refractivity (Wildman–Crippen MR) is 87.0 cm³/mol. The molecule has 1 unspecified atom stereocenters. The van der Waals surface area contributed by atoms with E-state index >= 15 is 0 Å². The Hall–Kier alpha value is -1.62. The third-order valence-corrected chi connectivity index (χ3v) is 5.02. The molecule has 1 fully saturated rings. The summed E-state index contributed by atoms with van der Waals surface area (Å²) in [6, 6.07) is 3.79. The summed E-state index contributed by atoms with van der Waals surface area (Å²) in [6.07, 6.45) is 1.92. The summed E-state index contributed by atoms with van der Waals surface area (Å²) in [4.78, 5) is 16.5. The van der Waals surface area contributed by atoms with E-state index in [1.54, 1.807) is 6.07 Å². The number of amides is 1. The Morgan fingerprint density at radius 2 is 1.96 bits per heavy atom. The maximum Gasteiger partial charge on any atom is 0.225 e. The Morgan fingerprint density at radius 3 is 2.57 bits per heavy atom. The lowest BCUT2D eigenvalue weighted by molar-refractivity contribution is -0.136. The average Bonchev–Trinajstić information content (AvgIpc) is 2.95. The quantitative estimate of drug-likeness (QED) is 0.858. The van der Waals surface area contributed by atoms with Crippen molar-refractivity contribution in [2.24, 2.45) is 5.92 Å². The zero-order valence-electron chi connectivity index (χ0n) is 14.1. The number of methoxy groups -OCH3 is 1. The second-order valence-corrected chi connectivity index (χ2v) is 6.76. The fourth-order valence-corrected chi connectivity index (χ4v) is 3.74. The number of nitrogens with zero attached hydrogens (tertiary/aromatic N) is 2. The molecule has 1 aliphatic heterocycles. The van der Waals surface area contributed by atoms with Crippen molar-refractivity contribution in [1.82, 2.24) is 9.80 Å². The lowest BCUT2D eigenvalue weighted by atomic mass is 10.0. The third kappa shape index (κ3) is 3.07. The number of fused-ring (bicyclic) bond motifs is 1. The lowest BCUT2D eigenvalue weighted by Gasteiger charge is -2.39. The summed E-state index contributed by atoms with van der Waals surface area (Å²) in [5.74, 6) is 0.338. The van der Waals surface area contributed by atoms with Crippen LogP contribution in [0.4, 0.5) is 4.39 Å². The molecule has 3 rings (SSSR count). The van der Waals surface area contributed by atoms with Gasteiger partial charge in [0.25, 0.3) is 0 Å². The van der Waals surface area contributed by atoms with Gasteiger partial charge in [0.2, 0.25) is 5.91 Å². The van der Waals surface area contributed by atoms with E-state index in [9.17, 15) is 9.18 Å². The highest BCUT2D eigenvalue weighted by Gasteiger charge is 2.32. The first-order valence-corrected chi connectivity index (χ1v) is 8.40. The molecule has 1 atom stereocenters. The first-order valence-electron chi connectivity index (χ1n) is 8.40. The lowest BCUT2D eigenvalue weighted by Crippen LogP contribution is -2.50. The summed E-state index contributed by atoms with van der Waals surface area (Å²) in [6.45, 7) is 7.21. The van der Waals surface area contributed by atoms with Crippen LogP contribution in [0.15, 0.2) is 12.1 Å². The van der Waals surface area contributed by atoms with Gasteiger partial charge in [-0.1, -0.05) is 13.8 Å². The molecule has 0 spiro atoms. The Morgan fingerprint density at radius 1 is 1.26 bits per heavy atom. The van der Waals surface area contributed by atoms with Crippen molar-refractivity contribution < 1.29 is 13.9 Å². The third-order valence-electron chi connectivity index (χ3n) is 5.02. The molecular formula is C18H25FN2O2. The highest BCUT2D eigenvalue weighted by Crippen LogP contribution is 2.39. The van der Waals surface area contributed by atoms with E-state index in [1.165, 1.54) is 12.7 Å². The Balaban J connectivity index is 1.71. The topological polar surface area (TPSA) is 32.8 Å². The van der Waals surface area contributed by atoms with Gasteiger partial charge in [0, 0.05) is 38.1 Å². The molecule has 0 bridgehead atoms. The maximum absolute atomic E-state index is 13.8. The number of aryl methyl sites for hydroxylation is 1. The normalized spacial score (nSPS) is 21.6. The highest BCUT2D eigenvalue weighted by atomic mass is 19.1. The molecule has 1 heterocycles. The Labute approximate surface area is 137 Å². The van der Waals surface area contributed by atoms with Gasteiger partial charge in [-0.05, 0) is 36.1 Å². The first-order chi connectivity index (χ1) is 11.0. The molecule has 1 saturated heterocycles. The molecule has 0 radical (unpaired) electrons. The van der Waals surface area contributed by atoms with Gasteiger partial charge in [0.1, 0.15) is 0 Å². The molecule has 1 amide bonds. The van der Waals surface area contributed by atoms with E-state index in [-0.39, 0.29) is 17.6 Å². The van der Waals surface area contributed by atoms with Crippen molar-refractivity contribution in [3.63, 3.8) is 0 Å². The van der Waals surface area contributed by atoms with Crippen molar-refractivity contribution in [3.8, 4) is 5.75 Å². The average molecular weight is 320 g/mol. The summed E-state index contributed by atoms with van der Waals surface area (Å²) in [7, 11) is 1.51. The minimum atomic E-state index is -0.278. The van der Waals surface area contributed by atoms with Gasteiger partial charge in [-0.2, -0.15) is 0 Å². The van der Waals surface area contributed by atoms with E-state index in [4.69, 9.17) is 4.74 Å². The van der Waals surface area contributed by atoms with E-state index in [2.05, 4.69) is 4.90 Å². The van der Waals surface area contributed by atoms with Crippen molar-refractivity contribution in [1.29, 1.82) is 0 Å². The molecule has 1 aromatic rings. The molecule has 2 aliphatic rings. The van der Waals surface area contributed by atoms with Gasteiger partial charge in [-0.3, -0.25) is 9.69 Å². The largest absolute Gasteiger partial charge is 0.494 e. The molecule has 5 heteroatoms. The zero-order chi connectivity index (χ0) is 16.6. The number of benzene rings is 1. The minimum Gasteiger partial charge on any atom is -0.494 e. The first kappa shape index (κ1) is 16.2. The summed E-state index contributed by atoms with van der Waals surface area (Å²) in [5, 5.41) is 0. The summed E-state index contributed by atoms with van der Waals surface area (Å²) >= 11 is 0. The fraction of sp³-hybridized carbons (Fsp3) is 0.611. The number of carbonyl (C=O) groups is 1. The van der Waals surface area contributed by atoms with Crippen molar-refractivity contribution in [2.75, 3.05) is 33.3 Å².